The van der Waals surface area contributed by atoms with Gasteiger partial charge in [-0.25, -0.2) is 4.39 Å². The number of carbonyl (C=O) groups is 1. The van der Waals surface area contributed by atoms with Crippen molar-refractivity contribution in [2.24, 2.45) is 0 Å². The number of nitrogens with zero attached hydrogens (tertiary/aromatic N) is 4. The zero-order valence-corrected chi connectivity index (χ0v) is 17.3. The zero-order chi connectivity index (χ0) is 23.4. The number of amides is 1. The molecular formula is C23H19FN6O3. The molecule has 10 heteroatoms. The van der Waals surface area contributed by atoms with Gasteiger partial charge in [-0.3, -0.25) is 19.6 Å². The molecule has 0 aliphatic heterocycles. The fourth-order valence-electron chi connectivity index (χ4n) is 3.25. The standard InChI is InChI=1S/C23H19FN6O3/c24-18-7-4-16(5-8-18)17-6-9-20(25)21(13-17)26-23(31)22-14-29(28-27-22)11-10-15-2-1-3-19(12-15)30(32)33/h1-9,12-14H,10-11,25H2,(H,26,31). The molecule has 3 aromatic carbocycles. The number of nitrogens with two attached hydrogens (primary N) is 1. The highest BCUT2D eigenvalue weighted by molar-refractivity contribution is 6.04. The van der Waals surface area contributed by atoms with Crippen molar-refractivity contribution in [2.45, 2.75) is 13.0 Å². The summed E-state index contributed by atoms with van der Waals surface area (Å²) in [4.78, 5) is 23.1. The topological polar surface area (TPSA) is 129 Å². The Kier molecular flexibility index (Phi) is 6.07. The number of non-ortho nitro benzene ring substituents is 1. The minimum atomic E-state index is -0.487. The first-order valence-corrected chi connectivity index (χ1v) is 9.99. The van der Waals surface area contributed by atoms with Crippen molar-refractivity contribution in [3.63, 3.8) is 0 Å². The molecule has 1 heterocycles. The third-order valence-electron chi connectivity index (χ3n) is 5.00. The molecule has 0 saturated heterocycles. The Balaban J connectivity index is 1.43. The van der Waals surface area contributed by atoms with Gasteiger partial charge in [-0.15, -0.1) is 5.10 Å². The number of benzene rings is 3. The van der Waals surface area contributed by atoms with E-state index in [1.54, 1.807) is 42.5 Å². The fraction of sp³-hybridized carbons (Fsp3) is 0.0870. The van der Waals surface area contributed by atoms with Gasteiger partial charge in [-0.05, 0) is 47.4 Å². The highest BCUT2D eigenvalue weighted by atomic mass is 19.1. The van der Waals surface area contributed by atoms with Gasteiger partial charge in [0.2, 0.25) is 0 Å². The van der Waals surface area contributed by atoms with Crippen LogP contribution in [0.4, 0.5) is 21.5 Å². The molecule has 0 aliphatic rings. The predicted octanol–water partition coefficient (Wildman–Crippen LogP) is 4.07. The molecular weight excluding hydrogens is 427 g/mol. The number of rotatable bonds is 7. The summed E-state index contributed by atoms with van der Waals surface area (Å²) in [5, 5.41) is 21.5. The van der Waals surface area contributed by atoms with Gasteiger partial charge in [0.05, 0.1) is 22.5 Å². The number of halogens is 1. The summed E-state index contributed by atoms with van der Waals surface area (Å²) >= 11 is 0. The first kappa shape index (κ1) is 21.6. The van der Waals surface area contributed by atoms with Crippen LogP contribution in [0, 0.1) is 15.9 Å². The summed E-state index contributed by atoms with van der Waals surface area (Å²) in [6.07, 6.45) is 1.98. The van der Waals surface area contributed by atoms with E-state index in [9.17, 15) is 19.3 Å². The Morgan fingerprint density at radius 2 is 1.85 bits per heavy atom. The first-order chi connectivity index (χ1) is 15.9. The van der Waals surface area contributed by atoms with E-state index in [4.69, 9.17) is 5.73 Å². The Morgan fingerprint density at radius 3 is 2.61 bits per heavy atom. The molecule has 0 spiro atoms. The monoisotopic (exact) mass is 446 g/mol. The summed E-state index contributed by atoms with van der Waals surface area (Å²) in [6.45, 7) is 0.392. The number of nitro groups is 1. The Bertz CT molecular complexity index is 1320. The Morgan fingerprint density at radius 1 is 1.09 bits per heavy atom. The van der Waals surface area contributed by atoms with Crippen LogP contribution in [-0.4, -0.2) is 25.8 Å². The van der Waals surface area contributed by atoms with Crippen molar-refractivity contribution in [1.29, 1.82) is 0 Å². The van der Waals surface area contributed by atoms with Crippen molar-refractivity contribution < 1.29 is 14.1 Å². The van der Waals surface area contributed by atoms with E-state index in [-0.39, 0.29) is 17.2 Å². The van der Waals surface area contributed by atoms with Crippen LogP contribution in [0.5, 0.6) is 0 Å². The lowest BCUT2D eigenvalue weighted by Gasteiger charge is -2.10. The maximum Gasteiger partial charge on any atom is 0.277 e. The molecule has 0 aliphatic carbocycles. The average molecular weight is 446 g/mol. The summed E-state index contributed by atoms with van der Waals surface area (Å²) in [7, 11) is 0. The molecule has 1 aromatic heterocycles. The molecule has 166 valence electrons. The summed E-state index contributed by atoms with van der Waals surface area (Å²) in [5.41, 5.74) is 9.20. The largest absolute Gasteiger partial charge is 0.397 e. The normalized spacial score (nSPS) is 10.7. The van der Waals surface area contributed by atoms with Crippen LogP contribution < -0.4 is 11.1 Å². The van der Waals surface area contributed by atoms with Gasteiger partial charge in [0.15, 0.2) is 5.69 Å². The first-order valence-electron chi connectivity index (χ1n) is 9.99. The molecule has 4 rings (SSSR count). The molecule has 0 saturated carbocycles. The van der Waals surface area contributed by atoms with Gasteiger partial charge in [-0.1, -0.05) is 35.5 Å². The summed E-state index contributed by atoms with van der Waals surface area (Å²) in [5.74, 6) is -0.823. The second-order valence-electron chi connectivity index (χ2n) is 7.31. The van der Waals surface area contributed by atoms with E-state index in [1.165, 1.54) is 35.1 Å². The van der Waals surface area contributed by atoms with Crippen LogP contribution in [0.1, 0.15) is 16.1 Å². The lowest BCUT2D eigenvalue weighted by molar-refractivity contribution is -0.384. The van der Waals surface area contributed by atoms with E-state index in [0.717, 1.165) is 16.7 Å². The number of anilines is 2. The number of hydrogen-bond donors (Lipinski definition) is 2. The molecule has 0 atom stereocenters. The molecule has 1 amide bonds. The second-order valence-corrected chi connectivity index (χ2v) is 7.31. The number of aromatic nitrogens is 3. The van der Waals surface area contributed by atoms with E-state index >= 15 is 0 Å². The fourth-order valence-corrected chi connectivity index (χ4v) is 3.25. The Labute approximate surface area is 187 Å². The summed E-state index contributed by atoms with van der Waals surface area (Å²) in [6, 6.07) is 17.5. The quantitative estimate of drug-likeness (QED) is 0.250. The van der Waals surface area contributed by atoms with Crippen LogP contribution >= 0.6 is 0 Å². The van der Waals surface area contributed by atoms with Gasteiger partial charge in [0.25, 0.3) is 11.6 Å². The van der Waals surface area contributed by atoms with Crippen molar-refractivity contribution in [2.75, 3.05) is 11.1 Å². The number of carbonyl (C=O) groups excluding carboxylic acids is 1. The maximum absolute atomic E-state index is 13.2. The van der Waals surface area contributed by atoms with Crippen LogP contribution in [0.2, 0.25) is 0 Å². The van der Waals surface area contributed by atoms with Crippen LogP contribution in [-0.2, 0) is 13.0 Å². The zero-order valence-electron chi connectivity index (χ0n) is 17.3. The smallest absolute Gasteiger partial charge is 0.277 e. The molecule has 4 aromatic rings. The second kappa shape index (κ2) is 9.27. The van der Waals surface area contributed by atoms with Crippen molar-refractivity contribution in [1.82, 2.24) is 15.0 Å². The highest BCUT2D eigenvalue weighted by Gasteiger charge is 2.14. The van der Waals surface area contributed by atoms with Crippen LogP contribution in [0.25, 0.3) is 11.1 Å². The third-order valence-corrected chi connectivity index (χ3v) is 5.00. The molecule has 33 heavy (non-hydrogen) atoms. The van der Waals surface area contributed by atoms with Gasteiger partial charge >= 0.3 is 0 Å². The average Bonchev–Trinajstić information content (AvgIpc) is 3.29. The molecule has 0 unspecified atom stereocenters. The van der Waals surface area contributed by atoms with E-state index in [2.05, 4.69) is 15.6 Å². The number of nitrogen functional groups attached to an aromatic ring is 1. The van der Waals surface area contributed by atoms with Gasteiger partial charge in [0, 0.05) is 18.7 Å². The molecule has 0 bridgehead atoms. The van der Waals surface area contributed by atoms with E-state index in [1.807, 2.05) is 0 Å². The lowest BCUT2D eigenvalue weighted by Crippen LogP contribution is -2.14. The number of aryl methyl sites for hydroxylation is 2. The van der Waals surface area contributed by atoms with E-state index < -0.39 is 10.8 Å². The van der Waals surface area contributed by atoms with E-state index in [0.29, 0.717) is 24.3 Å². The minimum Gasteiger partial charge on any atom is -0.397 e. The van der Waals surface area contributed by atoms with Crippen molar-refractivity contribution >= 4 is 23.0 Å². The SMILES string of the molecule is Nc1ccc(-c2ccc(F)cc2)cc1NC(=O)c1cn(CCc2cccc([N+](=O)[O-])c2)nn1. The van der Waals surface area contributed by atoms with Gasteiger partial charge < -0.3 is 11.1 Å². The predicted molar refractivity (Wildman–Crippen MR) is 121 cm³/mol. The van der Waals surface area contributed by atoms with Crippen LogP contribution in [0.15, 0.2) is 72.9 Å². The molecule has 3 N–H and O–H groups in total. The summed E-state index contributed by atoms with van der Waals surface area (Å²) < 4.78 is 14.7. The Hall–Kier alpha value is -4.60. The lowest BCUT2D eigenvalue weighted by atomic mass is 10.0. The van der Waals surface area contributed by atoms with Crippen LogP contribution in [0.3, 0.4) is 0 Å². The highest BCUT2D eigenvalue weighted by Crippen LogP contribution is 2.27. The number of nitro benzene ring substituents is 1. The minimum absolute atomic E-state index is 0.0200. The van der Waals surface area contributed by atoms with Gasteiger partial charge in [0.1, 0.15) is 5.82 Å². The number of hydrogen-bond acceptors (Lipinski definition) is 6. The number of nitrogens with one attached hydrogen (secondary N) is 1. The maximum atomic E-state index is 13.2. The molecule has 9 nitrogen and oxygen atoms in total. The van der Waals surface area contributed by atoms with Gasteiger partial charge in [-0.2, -0.15) is 0 Å². The molecule has 0 radical (unpaired) electrons. The molecule has 0 fully saturated rings. The van der Waals surface area contributed by atoms with Crippen molar-refractivity contribution in [3.8, 4) is 11.1 Å². The third kappa shape index (κ3) is 5.18. The van der Waals surface area contributed by atoms with Crippen molar-refractivity contribution in [3.05, 3.63) is 100 Å².